The lowest BCUT2D eigenvalue weighted by atomic mass is 9.69. The number of benzene rings is 2. The molecule has 0 N–H and O–H groups in total. The zero-order valence-electron chi connectivity index (χ0n) is 14.9. The summed E-state index contributed by atoms with van der Waals surface area (Å²) in [5.41, 5.74) is 2.34. The van der Waals surface area contributed by atoms with E-state index in [1.165, 1.54) is 11.1 Å². The second-order valence-corrected chi connectivity index (χ2v) is 7.69. The van der Waals surface area contributed by atoms with E-state index in [1.54, 1.807) is 0 Å². The number of carbonyl (C=O) groups is 1. The first-order valence-corrected chi connectivity index (χ1v) is 9.23. The summed E-state index contributed by atoms with van der Waals surface area (Å²) in [6, 6.07) is 21.1. The summed E-state index contributed by atoms with van der Waals surface area (Å²) >= 11 is 0. The number of piperidine rings is 1. The average molecular weight is 334 g/mol. The summed E-state index contributed by atoms with van der Waals surface area (Å²) in [6.45, 7) is 3.79. The minimum atomic E-state index is -0.261. The molecule has 0 bridgehead atoms. The van der Waals surface area contributed by atoms with Crippen molar-refractivity contribution in [1.29, 1.82) is 0 Å². The van der Waals surface area contributed by atoms with Crippen molar-refractivity contribution in [3.63, 3.8) is 0 Å². The van der Waals surface area contributed by atoms with Crippen LogP contribution in [-0.2, 0) is 17.8 Å². The molecule has 2 aromatic carbocycles. The summed E-state index contributed by atoms with van der Waals surface area (Å²) in [5, 5.41) is 0. The molecule has 0 spiro atoms. The third-order valence-electron chi connectivity index (χ3n) is 5.96. The first-order chi connectivity index (χ1) is 12.2. The van der Waals surface area contributed by atoms with Crippen molar-refractivity contribution in [2.24, 2.45) is 11.3 Å². The highest BCUT2D eigenvalue weighted by molar-refractivity contribution is 5.86. The number of nitrogens with zero attached hydrogens (tertiary/aromatic N) is 2. The topological polar surface area (TPSA) is 23.6 Å². The van der Waals surface area contributed by atoms with Crippen LogP contribution in [0.1, 0.15) is 17.5 Å². The molecule has 3 nitrogen and oxygen atoms in total. The Morgan fingerprint density at radius 1 is 1.00 bits per heavy atom. The van der Waals surface area contributed by atoms with E-state index in [4.69, 9.17) is 0 Å². The van der Waals surface area contributed by atoms with Crippen LogP contribution in [0.15, 0.2) is 60.7 Å². The monoisotopic (exact) mass is 334 g/mol. The molecule has 3 heteroatoms. The number of rotatable bonds is 4. The zero-order valence-corrected chi connectivity index (χ0v) is 14.9. The quantitative estimate of drug-likeness (QED) is 0.857. The molecule has 2 heterocycles. The van der Waals surface area contributed by atoms with Crippen LogP contribution < -0.4 is 0 Å². The molecule has 0 saturated carbocycles. The van der Waals surface area contributed by atoms with Crippen molar-refractivity contribution in [3.05, 3.63) is 71.8 Å². The number of carbonyl (C=O) groups excluding carboxylic acids is 1. The first kappa shape index (κ1) is 16.3. The second-order valence-electron chi connectivity index (χ2n) is 7.69. The maximum Gasteiger partial charge on any atom is 0.230 e. The molecule has 25 heavy (non-hydrogen) atoms. The van der Waals surface area contributed by atoms with Gasteiger partial charge in [0.2, 0.25) is 5.91 Å². The number of hydrogen-bond acceptors (Lipinski definition) is 2. The third kappa shape index (κ3) is 3.09. The molecule has 2 aliphatic rings. The van der Waals surface area contributed by atoms with Gasteiger partial charge in [0.15, 0.2) is 0 Å². The van der Waals surface area contributed by atoms with Gasteiger partial charge in [0.05, 0.1) is 5.41 Å². The molecule has 2 aliphatic heterocycles. The predicted octanol–water partition coefficient (Wildman–Crippen LogP) is 3.21. The minimum absolute atomic E-state index is 0.261. The minimum Gasteiger partial charge on any atom is -0.345 e. The molecular formula is C22H26N2O. The van der Waals surface area contributed by atoms with Crippen LogP contribution in [-0.4, -0.2) is 42.4 Å². The summed E-state index contributed by atoms with van der Waals surface area (Å²) in [6.07, 6.45) is 1.96. The van der Waals surface area contributed by atoms with Gasteiger partial charge < -0.3 is 4.90 Å². The Balaban J connectivity index is 1.60. The molecule has 130 valence electrons. The highest BCUT2D eigenvalue weighted by Gasteiger charge is 2.55. The van der Waals surface area contributed by atoms with Gasteiger partial charge in [0.1, 0.15) is 0 Å². The summed E-state index contributed by atoms with van der Waals surface area (Å²) in [5.74, 6) is 0.802. The third-order valence-corrected chi connectivity index (χ3v) is 5.96. The fourth-order valence-electron chi connectivity index (χ4n) is 4.74. The molecule has 0 aliphatic carbocycles. The van der Waals surface area contributed by atoms with Crippen molar-refractivity contribution in [2.75, 3.05) is 26.7 Å². The molecule has 2 aromatic rings. The summed E-state index contributed by atoms with van der Waals surface area (Å²) in [4.78, 5) is 17.6. The Labute approximate surface area is 150 Å². The van der Waals surface area contributed by atoms with E-state index < -0.39 is 0 Å². The van der Waals surface area contributed by atoms with Crippen LogP contribution in [0.3, 0.4) is 0 Å². The zero-order chi connectivity index (χ0) is 17.3. The van der Waals surface area contributed by atoms with E-state index in [0.717, 1.165) is 39.0 Å². The van der Waals surface area contributed by atoms with Crippen LogP contribution in [0.5, 0.6) is 0 Å². The van der Waals surface area contributed by atoms with Gasteiger partial charge in [-0.25, -0.2) is 0 Å². The molecule has 2 atom stereocenters. The Hall–Kier alpha value is -2.13. The van der Waals surface area contributed by atoms with Gasteiger partial charge in [0.25, 0.3) is 0 Å². The van der Waals surface area contributed by atoms with E-state index in [-0.39, 0.29) is 5.41 Å². The summed E-state index contributed by atoms with van der Waals surface area (Å²) in [7, 11) is 1.97. The molecule has 2 saturated heterocycles. The lowest BCUT2D eigenvalue weighted by Crippen LogP contribution is -2.51. The van der Waals surface area contributed by atoms with Gasteiger partial charge in [-0.1, -0.05) is 60.7 Å². The number of amides is 1. The van der Waals surface area contributed by atoms with Gasteiger partial charge in [-0.15, -0.1) is 0 Å². The van der Waals surface area contributed by atoms with Gasteiger partial charge in [0, 0.05) is 26.7 Å². The van der Waals surface area contributed by atoms with Crippen molar-refractivity contribution in [2.45, 2.75) is 19.4 Å². The molecular weight excluding hydrogens is 308 g/mol. The van der Waals surface area contributed by atoms with Crippen molar-refractivity contribution >= 4 is 5.91 Å². The predicted molar refractivity (Wildman–Crippen MR) is 100 cm³/mol. The normalized spacial score (nSPS) is 26.7. The van der Waals surface area contributed by atoms with E-state index in [0.29, 0.717) is 11.8 Å². The first-order valence-electron chi connectivity index (χ1n) is 9.23. The van der Waals surface area contributed by atoms with E-state index in [2.05, 4.69) is 59.5 Å². The second kappa shape index (κ2) is 6.64. The average Bonchev–Trinajstić information content (AvgIpc) is 2.88. The maximum absolute atomic E-state index is 13.2. The van der Waals surface area contributed by atoms with E-state index in [1.807, 2.05) is 18.0 Å². The van der Waals surface area contributed by atoms with Crippen LogP contribution >= 0.6 is 0 Å². The lowest BCUT2D eigenvalue weighted by molar-refractivity contribution is -0.138. The Bertz CT molecular complexity index is 730. The van der Waals surface area contributed by atoms with Crippen molar-refractivity contribution in [3.8, 4) is 0 Å². The fourth-order valence-corrected chi connectivity index (χ4v) is 4.74. The molecule has 1 amide bonds. The Morgan fingerprint density at radius 3 is 2.32 bits per heavy atom. The Morgan fingerprint density at radius 2 is 1.64 bits per heavy atom. The highest BCUT2D eigenvalue weighted by Crippen LogP contribution is 2.45. The van der Waals surface area contributed by atoms with Gasteiger partial charge in [-0.3, -0.25) is 9.69 Å². The standard InChI is InChI=1S/C22H26N2O/c1-23-16-20-12-13-24(15-19-10-6-3-7-11-19)17-22(20,21(23)25)14-18-8-4-2-5-9-18/h2-11,20H,12-17H2,1H3. The molecule has 0 radical (unpaired) electrons. The smallest absolute Gasteiger partial charge is 0.230 e. The van der Waals surface area contributed by atoms with Gasteiger partial charge in [-0.2, -0.15) is 0 Å². The van der Waals surface area contributed by atoms with Gasteiger partial charge in [-0.05, 0) is 36.4 Å². The molecule has 4 rings (SSSR count). The molecule has 2 unspecified atom stereocenters. The van der Waals surface area contributed by atoms with E-state index in [9.17, 15) is 4.79 Å². The molecule has 2 fully saturated rings. The summed E-state index contributed by atoms with van der Waals surface area (Å²) < 4.78 is 0. The van der Waals surface area contributed by atoms with Crippen LogP contribution in [0.25, 0.3) is 0 Å². The molecule has 0 aromatic heterocycles. The van der Waals surface area contributed by atoms with Gasteiger partial charge >= 0.3 is 0 Å². The Kier molecular flexibility index (Phi) is 4.34. The fraction of sp³-hybridized carbons (Fsp3) is 0.409. The number of hydrogen-bond donors (Lipinski definition) is 0. The van der Waals surface area contributed by atoms with Crippen molar-refractivity contribution < 1.29 is 4.79 Å². The van der Waals surface area contributed by atoms with Crippen molar-refractivity contribution in [1.82, 2.24) is 9.80 Å². The lowest BCUT2D eigenvalue weighted by Gasteiger charge is -2.43. The van der Waals surface area contributed by atoms with Crippen LogP contribution in [0, 0.1) is 11.3 Å². The highest BCUT2D eigenvalue weighted by atomic mass is 16.2. The van der Waals surface area contributed by atoms with Crippen LogP contribution in [0.2, 0.25) is 0 Å². The van der Waals surface area contributed by atoms with E-state index >= 15 is 0 Å². The largest absolute Gasteiger partial charge is 0.345 e. The number of fused-ring (bicyclic) bond motifs is 1. The number of likely N-dealkylation sites (tertiary alicyclic amines) is 2. The van der Waals surface area contributed by atoms with Crippen LogP contribution in [0.4, 0.5) is 0 Å². The maximum atomic E-state index is 13.2. The SMILES string of the molecule is CN1CC2CCN(Cc3ccccc3)CC2(Cc2ccccc2)C1=O.